The Kier molecular flexibility index (Phi) is 4.70. The number of hydrogen-bond donors (Lipinski definition) is 1. The van der Waals surface area contributed by atoms with Crippen LogP contribution in [0.3, 0.4) is 0 Å². The van der Waals surface area contributed by atoms with Gasteiger partial charge in [-0.3, -0.25) is 14.5 Å². The van der Waals surface area contributed by atoms with Crippen LogP contribution in [0.5, 0.6) is 0 Å². The van der Waals surface area contributed by atoms with Gasteiger partial charge in [0, 0.05) is 10.2 Å². The van der Waals surface area contributed by atoms with E-state index in [-0.39, 0.29) is 11.8 Å². The molecule has 1 fully saturated rings. The molecule has 1 heterocycles. The van der Waals surface area contributed by atoms with Gasteiger partial charge in [-0.25, -0.2) is 0 Å². The molecule has 2 unspecified atom stereocenters. The fourth-order valence-electron chi connectivity index (χ4n) is 2.30. The van der Waals surface area contributed by atoms with E-state index in [1.165, 1.54) is 4.90 Å². The third-order valence-electron chi connectivity index (χ3n) is 3.38. The number of carbonyl (C=O) groups is 2. The van der Waals surface area contributed by atoms with Crippen LogP contribution in [0, 0.1) is 0 Å². The number of carbonyl (C=O) groups excluding carboxylic acids is 2. The van der Waals surface area contributed by atoms with Gasteiger partial charge in [-0.1, -0.05) is 24.9 Å². The molecular weight excluding hydrogens is 344 g/mol. The van der Waals surface area contributed by atoms with Gasteiger partial charge in [0.1, 0.15) is 12.1 Å². The Morgan fingerprint density at radius 3 is 2.70 bits per heavy atom. The van der Waals surface area contributed by atoms with E-state index in [0.717, 1.165) is 10.9 Å². The van der Waals surface area contributed by atoms with Crippen LogP contribution in [0.25, 0.3) is 0 Å². The van der Waals surface area contributed by atoms with Gasteiger partial charge < -0.3 is 5.32 Å². The van der Waals surface area contributed by atoms with E-state index >= 15 is 0 Å². The van der Waals surface area contributed by atoms with E-state index in [1.54, 1.807) is 25.1 Å². The zero-order valence-electron chi connectivity index (χ0n) is 11.3. The lowest BCUT2D eigenvalue weighted by Crippen LogP contribution is -2.62. The lowest BCUT2D eigenvalue weighted by molar-refractivity contribution is -0.133. The van der Waals surface area contributed by atoms with Crippen molar-refractivity contribution in [2.45, 2.75) is 38.8 Å². The Morgan fingerprint density at radius 1 is 1.40 bits per heavy atom. The molecule has 1 aliphatic rings. The van der Waals surface area contributed by atoms with Crippen LogP contribution < -0.4 is 10.2 Å². The van der Waals surface area contributed by atoms with Gasteiger partial charge in [0.25, 0.3) is 0 Å². The first-order chi connectivity index (χ1) is 9.45. The number of anilines is 1. The predicted octanol–water partition coefficient (Wildman–Crippen LogP) is 3.12. The van der Waals surface area contributed by atoms with Crippen LogP contribution in [0.2, 0.25) is 5.02 Å². The van der Waals surface area contributed by atoms with Crippen molar-refractivity contribution >= 4 is 45.0 Å². The van der Waals surface area contributed by atoms with E-state index in [0.29, 0.717) is 17.1 Å². The molecular formula is C14H16BrClN2O2. The van der Waals surface area contributed by atoms with Crippen molar-refractivity contribution in [2.75, 3.05) is 4.90 Å². The molecule has 1 aliphatic heterocycles. The standard InChI is InChI=1S/C14H16BrClN2O2/c1-3-4-12-14(20)18(8(2)13(19)17-12)9-5-6-10(15)11(16)7-9/h5-8,12H,3-4H2,1-2H3,(H,17,19). The van der Waals surface area contributed by atoms with E-state index in [9.17, 15) is 9.59 Å². The van der Waals surface area contributed by atoms with Crippen molar-refractivity contribution in [1.82, 2.24) is 5.32 Å². The van der Waals surface area contributed by atoms with Gasteiger partial charge >= 0.3 is 0 Å². The topological polar surface area (TPSA) is 49.4 Å². The van der Waals surface area contributed by atoms with Gasteiger partial charge in [0.15, 0.2) is 0 Å². The Bertz CT molecular complexity index is 550. The van der Waals surface area contributed by atoms with Crippen LogP contribution >= 0.6 is 27.5 Å². The molecule has 6 heteroatoms. The molecule has 1 N–H and O–H groups in total. The quantitative estimate of drug-likeness (QED) is 0.901. The average molecular weight is 360 g/mol. The highest BCUT2D eigenvalue weighted by molar-refractivity contribution is 9.10. The molecule has 2 amide bonds. The van der Waals surface area contributed by atoms with Crippen molar-refractivity contribution in [1.29, 1.82) is 0 Å². The normalized spacial score (nSPS) is 22.9. The summed E-state index contributed by atoms with van der Waals surface area (Å²) in [6, 6.07) is 4.27. The second-order valence-corrected chi connectivity index (χ2v) is 6.09. The van der Waals surface area contributed by atoms with Crippen molar-refractivity contribution < 1.29 is 9.59 Å². The van der Waals surface area contributed by atoms with E-state index in [4.69, 9.17) is 11.6 Å². The minimum atomic E-state index is -0.534. The van der Waals surface area contributed by atoms with Crippen LogP contribution in [-0.2, 0) is 9.59 Å². The van der Waals surface area contributed by atoms with Crippen molar-refractivity contribution in [3.05, 3.63) is 27.7 Å². The zero-order valence-corrected chi connectivity index (χ0v) is 13.7. The van der Waals surface area contributed by atoms with Gasteiger partial charge in [0.2, 0.25) is 11.8 Å². The lowest BCUT2D eigenvalue weighted by Gasteiger charge is -2.37. The van der Waals surface area contributed by atoms with Crippen molar-refractivity contribution in [3.8, 4) is 0 Å². The number of amides is 2. The molecule has 2 atom stereocenters. The zero-order chi connectivity index (χ0) is 14.9. The van der Waals surface area contributed by atoms with Gasteiger partial charge in [0.05, 0.1) is 5.02 Å². The summed E-state index contributed by atoms with van der Waals surface area (Å²) in [6.07, 6.45) is 1.47. The highest BCUT2D eigenvalue weighted by Gasteiger charge is 2.38. The molecule has 0 spiro atoms. The second kappa shape index (κ2) is 6.14. The average Bonchev–Trinajstić information content (AvgIpc) is 2.40. The van der Waals surface area contributed by atoms with E-state index < -0.39 is 12.1 Å². The minimum absolute atomic E-state index is 0.0858. The van der Waals surface area contributed by atoms with Crippen molar-refractivity contribution in [3.63, 3.8) is 0 Å². The molecule has 108 valence electrons. The smallest absolute Gasteiger partial charge is 0.250 e. The molecule has 1 saturated heterocycles. The van der Waals surface area contributed by atoms with Gasteiger partial charge in [-0.2, -0.15) is 0 Å². The molecule has 1 aromatic carbocycles. The third kappa shape index (κ3) is 2.83. The predicted molar refractivity (Wildman–Crippen MR) is 82.9 cm³/mol. The summed E-state index contributed by atoms with van der Waals surface area (Å²) < 4.78 is 0.759. The number of nitrogens with zero attached hydrogens (tertiary/aromatic N) is 1. The Balaban J connectivity index is 2.37. The number of hydrogen-bond acceptors (Lipinski definition) is 2. The Hall–Kier alpha value is -1.07. The summed E-state index contributed by atoms with van der Waals surface area (Å²) in [6.45, 7) is 3.70. The summed E-state index contributed by atoms with van der Waals surface area (Å²) >= 11 is 9.39. The fraction of sp³-hybridized carbons (Fsp3) is 0.429. The van der Waals surface area contributed by atoms with Crippen LogP contribution in [0.4, 0.5) is 5.69 Å². The van der Waals surface area contributed by atoms with Crippen LogP contribution in [0.15, 0.2) is 22.7 Å². The summed E-state index contributed by atoms with van der Waals surface area (Å²) in [5.74, 6) is -0.223. The maximum absolute atomic E-state index is 12.5. The molecule has 2 rings (SSSR count). The maximum atomic E-state index is 12.5. The molecule has 0 bridgehead atoms. The summed E-state index contributed by atoms with van der Waals surface area (Å²) in [5, 5.41) is 3.28. The Labute approximate surface area is 131 Å². The first-order valence-corrected chi connectivity index (χ1v) is 7.71. The fourth-order valence-corrected chi connectivity index (χ4v) is 2.72. The van der Waals surface area contributed by atoms with Crippen molar-refractivity contribution in [2.24, 2.45) is 0 Å². The number of rotatable bonds is 3. The number of benzene rings is 1. The summed E-state index contributed by atoms with van der Waals surface area (Å²) in [7, 11) is 0. The summed E-state index contributed by atoms with van der Waals surface area (Å²) in [5.41, 5.74) is 0.645. The molecule has 0 aromatic heterocycles. The maximum Gasteiger partial charge on any atom is 0.250 e. The first-order valence-electron chi connectivity index (χ1n) is 6.54. The van der Waals surface area contributed by atoms with Crippen LogP contribution in [0.1, 0.15) is 26.7 Å². The molecule has 0 saturated carbocycles. The number of nitrogens with one attached hydrogen (secondary N) is 1. The highest BCUT2D eigenvalue weighted by Crippen LogP contribution is 2.30. The highest BCUT2D eigenvalue weighted by atomic mass is 79.9. The minimum Gasteiger partial charge on any atom is -0.342 e. The number of halogens is 2. The molecule has 20 heavy (non-hydrogen) atoms. The molecule has 0 radical (unpaired) electrons. The van der Waals surface area contributed by atoms with Crippen LogP contribution in [-0.4, -0.2) is 23.9 Å². The van der Waals surface area contributed by atoms with E-state index in [2.05, 4.69) is 21.2 Å². The largest absolute Gasteiger partial charge is 0.342 e. The lowest BCUT2D eigenvalue weighted by atomic mass is 10.0. The summed E-state index contributed by atoms with van der Waals surface area (Å²) in [4.78, 5) is 26.1. The molecule has 0 aliphatic carbocycles. The second-order valence-electron chi connectivity index (χ2n) is 4.83. The first kappa shape index (κ1) is 15.3. The van der Waals surface area contributed by atoms with Gasteiger partial charge in [-0.15, -0.1) is 0 Å². The SMILES string of the molecule is CCCC1NC(=O)C(C)N(c2ccc(Br)c(Cl)c2)C1=O. The third-order valence-corrected chi connectivity index (χ3v) is 4.61. The molecule has 4 nitrogen and oxygen atoms in total. The van der Waals surface area contributed by atoms with E-state index in [1.807, 2.05) is 6.92 Å². The Morgan fingerprint density at radius 2 is 2.10 bits per heavy atom. The molecule has 1 aromatic rings. The monoisotopic (exact) mass is 358 g/mol. The number of piperazine rings is 1. The van der Waals surface area contributed by atoms with Gasteiger partial charge in [-0.05, 0) is 47.5 Å².